The van der Waals surface area contributed by atoms with E-state index in [2.05, 4.69) is 0 Å². The SMILES string of the molecule is CS(=O)Cc1cc(O)cc([N+](=O)[O-])c1. The van der Waals surface area contributed by atoms with Crippen molar-refractivity contribution in [1.82, 2.24) is 0 Å². The predicted octanol–water partition coefficient (Wildman–Crippen LogP) is 1.18. The molecule has 0 bridgehead atoms. The molecule has 0 saturated carbocycles. The smallest absolute Gasteiger partial charge is 0.273 e. The summed E-state index contributed by atoms with van der Waals surface area (Å²) < 4.78 is 10.9. The summed E-state index contributed by atoms with van der Waals surface area (Å²) in [6, 6.07) is 3.73. The summed E-state index contributed by atoms with van der Waals surface area (Å²) in [6.07, 6.45) is 1.50. The summed E-state index contributed by atoms with van der Waals surface area (Å²) >= 11 is 0. The van der Waals surface area contributed by atoms with Gasteiger partial charge in [-0.2, -0.15) is 0 Å². The Kier molecular flexibility index (Phi) is 3.19. The number of hydrogen-bond acceptors (Lipinski definition) is 4. The van der Waals surface area contributed by atoms with Crippen LogP contribution >= 0.6 is 0 Å². The summed E-state index contributed by atoms with van der Waals surface area (Å²) in [5.41, 5.74) is 0.308. The summed E-state index contributed by atoms with van der Waals surface area (Å²) in [6.45, 7) is 0. The van der Waals surface area contributed by atoms with Gasteiger partial charge in [0.15, 0.2) is 0 Å². The number of hydrogen-bond donors (Lipinski definition) is 1. The monoisotopic (exact) mass is 215 g/mol. The van der Waals surface area contributed by atoms with Crippen LogP contribution in [-0.2, 0) is 16.6 Å². The highest BCUT2D eigenvalue weighted by Crippen LogP contribution is 2.22. The van der Waals surface area contributed by atoms with E-state index in [1.165, 1.54) is 18.4 Å². The molecule has 0 spiro atoms. The molecule has 0 aliphatic rings. The molecule has 0 aromatic heterocycles. The number of phenols is 1. The molecule has 1 aromatic rings. The fraction of sp³-hybridized carbons (Fsp3) is 0.250. The third-order valence-electron chi connectivity index (χ3n) is 1.54. The maximum atomic E-state index is 10.9. The van der Waals surface area contributed by atoms with Crippen LogP contribution in [0, 0.1) is 10.1 Å². The predicted molar refractivity (Wildman–Crippen MR) is 52.5 cm³/mol. The van der Waals surface area contributed by atoms with Crippen LogP contribution in [0.3, 0.4) is 0 Å². The highest BCUT2D eigenvalue weighted by Gasteiger charge is 2.09. The van der Waals surface area contributed by atoms with Crippen molar-refractivity contribution in [3.05, 3.63) is 33.9 Å². The Morgan fingerprint density at radius 3 is 2.64 bits per heavy atom. The number of nitro benzene ring substituents is 1. The summed E-state index contributed by atoms with van der Waals surface area (Å²) in [5, 5.41) is 19.6. The molecule has 14 heavy (non-hydrogen) atoms. The van der Waals surface area contributed by atoms with Gasteiger partial charge in [-0.1, -0.05) is 0 Å². The molecule has 1 unspecified atom stereocenters. The number of nitro groups is 1. The molecule has 1 atom stereocenters. The fourth-order valence-electron chi connectivity index (χ4n) is 1.08. The van der Waals surface area contributed by atoms with E-state index < -0.39 is 15.7 Å². The zero-order valence-electron chi connectivity index (χ0n) is 7.47. The zero-order chi connectivity index (χ0) is 10.7. The van der Waals surface area contributed by atoms with E-state index in [4.69, 9.17) is 5.11 Å². The van der Waals surface area contributed by atoms with E-state index in [0.29, 0.717) is 5.56 Å². The molecule has 5 nitrogen and oxygen atoms in total. The number of nitrogens with zero attached hydrogens (tertiary/aromatic N) is 1. The van der Waals surface area contributed by atoms with Crippen molar-refractivity contribution in [3.63, 3.8) is 0 Å². The third kappa shape index (κ3) is 2.81. The number of aromatic hydroxyl groups is 1. The molecule has 1 aromatic carbocycles. The van der Waals surface area contributed by atoms with Crippen molar-refractivity contribution < 1.29 is 14.2 Å². The van der Waals surface area contributed by atoms with Gasteiger partial charge in [-0.3, -0.25) is 14.3 Å². The summed E-state index contributed by atoms with van der Waals surface area (Å²) in [5.74, 6) is 0.0227. The van der Waals surface area contributed by atoms with Crippen LogP contribution < -0.4 is 0 Å². The lowest BCUT2D eigenvalue weighted by Crippen LogP contribution is -1.94. The number of rotatable bonds is 3. The first kappa shape index (κ1) is 10.6. The molecule has 0 fully saturated rings. The molecule has 0 radical (unpaired) electrons. The van der Waals surface area contributed by atoms with E-state index in [0.717, 1.165) is 6.07 Å². The van der Waals surface area contributed by atoms with E-state index in [-0.39, 0.29) is 17.2 Å². The molecule has 76 valence electrons. The van der Waals surface area contributed by atoms with E-state index in [1.807, 2.05) is 0 Å². The minimum Gasteiger partial charge on any atom is -0.508 e. The minimum atomic E-state index is -1.08. The Morgan fingerprint density at radius 1 is 1.50 bits per heavy atom. The quantitative estimate of drug-likeness (QED) is 0.606. The molecule has 0 aliphatic carbocycles. The first-order chi connectivity index (χ1) is 6.49. The van der Waals surface area contributed by atoms with Gasteiger partial charge in [0.25, 0.3) is 5.69 Å². The highest BCUT2D eigenvalue weighted by atomic mass is 32.2. The van der Waals surface area contributed by atoms with Crippen LogP contribution in [0.4, 0.5) is 5.69 Å². The van der Waals surface area contributed by atoms with Gasteiger partial charge in [-0.15, -0.1) is 0 Å². The Balaban J connectivity index is 3.07. The van der Waals surface area contributed by atoms with Gasteiger partial charge < -0.3 is 5.11 Å². The standard InChI is InChI=1S/C8H9NO4S/c1-14(13)5-6-2-7(9(11)12)4-8(10)3-6/h2-4,10H,5H2,1H3. The maximum Gasteiger partial charge on any atom is 0.273 e. The van der Waals surface area contributed by atoms with Gasteiger partial charge in [-0.25, -0.2) is 0 Å². The van der Waals surface area contributed by atoms with Crippen molar-refractivity contribution in [1.29, 1.82) is 0 Å². The van der Waals surface area contributed by atoms with Gasteiger partial charge in [-0.05, 0) is 11.6 Å². The normalized spacial score (nSPS) is 12.4. The molecule has 6 heteroatoms. The lowest BCUT2D eigenvalue weighted by Gasteiger charge is -1.99. The summed E-state index contributed by atoms with van der Waals surface area (Å²) in [7, 11) is -1.08. The van der Waals surface area contributed by atoms with Crippen molar-refractivity contribution in [2.75, 3.05) is 6.26 Å². The average Bonchev–Trinajstić information content (AvgIpc) is 2.01. The van der Waals surface area contributed by atoms with Crippen LogP contribution in [0.15, 0.2) is 18.2 Å². The van der Waals surface area contributed by atoms with Gasteiger partial charge in [0, 0.05) is 28.9 Å². The van der Waals surface area contributed by atoms with Crippen LogP contribution in [0.1, 0.15) is 5.56 Å². The Labute approximate surface area is 83.0 Å². The largest absolute Gasteiger partial charge is 0.508 e. The number of phenolic OH excluding ortho intramolecular Hbond substituents is 1. The van der Waals surface area contributed by atoms with E-state index in [9.17, 15) is 14.3 Å². The lowest BCUT2D eigenvalue weighted by atomic mass is 10.2. The van der Waals surface area contributed by atoms with Crippen LogP contribution in [0.5, 0.6) is 5.75 Å². The zero-order valence-corrected chi connectivity index (χ0v) is 8.28. The second-order valence-corrected chi connectivity index (χ2v) is 4.27. The van der Waals surface area contributed by atoms with Crippen LogP contribution in [0.2, 0.25) is 0 Å². The number of benzene rings is 1. The van der Waals surface area contributed by atoms with Crippen LogP contribution in [0.25, 0.3) is 0 Å². The first-order valence-corrected chi connectivity index (χ1v) is 5.49. The van der Waals surface area contributed by atoms with Crippen LogP contribution in [-0.4, -0.2) is 20.5 Å². The van der Waals surface area contributed by atoms with Gasteiger partial charge in [0.05, 0.1) is 11.0 Å². The minimum absolute atomic E-state index is 0.181. The van der Waals surface area contributed by atoms with E-state index in [1.54, 1.807) is 0 Å². The first-order valence-electron chi connectivity index (χ1n) is 3.76. The molecular weight excluding hydrogens is 206 g/mol. The van der Waals surface area contributed by atoms with Gasteiger partial charge in [0.2, 0.25) is 0 Å². The van der Waals surface area contributed by atoms with Gasteiger partial charge >= 0.3 is 0 Å². The van der Waals surface area contributed by atoms with Crippen molar-refractivity contribution >= 4 is 16.5 Å². The molecule has 0 saturated heterocycles. The van der Waals surface area contributed by atoms with E-state index >= 15 is 0 Å². The fourth-order valence-corrected chi connectivity index (χ4v) is 1.72. The molecular formula is C8H9NO4S. The molecule has 0 amide bonds. The van der Waals surface area contributed by atoms with Crippen molar-refractivity contribution in [2.45, 2.75) is 5.75 Å². The topological polar surface area (TPSA) is 80.4 Å². The lowest BCUT2D eigenvalue weighted by molar-refractivity contribution is -0.385. The molecule has 1 rings (SSSR count). The second kappa shape index (κ2) is 4.19. The van der Waals surface area contributed by atoms with Crippen molar-refractivity contribution in [3.8, 4) is 5.75 Å². The number of non-ortho nitro benzene ring substituents is 1. The summed E-state index contributed by atoms with van der Waals surface area (Å²) in [4.78, 5) is 9.81. The Bertz CT molecular complexity index is 391. The van der Waals surface area contributed by atoms with Gasteiger partial charge in [0.1, 0.15) is 5.75 Å². The Hall–Kier alpha value is -1.43. The van der Waals surface area contributed by atoms with Crippen molar-refractivity contribution in [2.24, 2.45) is 0 Å². The second-order valence-electron chi connectivity index (χ2n) is 2.83. The third-order valence-corrected chi connectivity index (χ3v) is 2.28. The maximum absolute atomic E-state index is 10.9. The average molecular weight is 215 g/mol. The Morgan fingerprint density at radius 2 is 2.14 bits per heavy atom. The molecule has 0 heterocycles. The molecule has 0 aliphatic heterocycles. The highest BCUT2D eigenvalue weighted by molar-refractivity contribution is 7.83. The molecule has 1 N–H and O–H groups in total.